The van der Waals surface area contributed by atoms with Gasteiger partial charge in [-0.05, 0) is 48.7 Å². The van der Waals surface area contributed by atoms with Gasteiger partial charge in [-0.3, -0.25) is 9.69 Å². The minimum atomic E-state index is -3.56. The molecule has 1 atom stereocenters. The maximum Gasteiger partial charge on any atom is 0.243 e. The highest BCUT2D eigenvalue weighted by atomic mass is 35.5. The van der Waals surface area contributed by atoms with E-state index in [4.69, 9.17) is 23.2 Å². The average Bonchev–Trinajstić information content (AvgIpc) is 2.75. The molecule has 168 valence electrons. The lowest BCUT2D eigenvalue weighted by molar-refractivity contribution is -0.121. The summed E-state index contributed by atoms with van der Waals surface area (Å²) in [4.78, 5) is 14.9. The lowest BCUT2D eigenvalue weighted by Gasteiger charge is -2.36. The number of hydrogen-bond donors (Lipinski definition) is 1. The second-order valence-electron chi connectivity index (χ2n) is 7.95. The van der Waals surface area contributed by atoms with E-state index in [-0.39, 0.29) is 5.91 Å². The van der Waals surface area contributed by atoms with E-state index >= 15 is 0 Å². The van der Waals surface area contributed by atoms with E-state index in [1.165, 1.54) is 4.31 Å². The summed E-state index contributed by atoms with van der Waals surface area (Å²) in [6.45, 7) is 7.50. The molecular weight excluding hydrogens is 457 g/mol. The highest BCUT2D eigenvalue weighted by Crippen LogP contribution is 2.26. The van der Waals surface area contributed by atoms with Crippen LogP contribution in [0.1, 0.15) is 32.3 Å². The first-order valence-electron chi connectivity index (χ1n) is 10.2. The molecule has 2 aromatic rings. The summed E-state index contributed by atoms with van der Waals surface area (Å²) in [5, 5.41) is 3.69. The molecule has 1 amide bonds. The van der Waals surface area contributed by atoms with E-state index in [0.29, 0.717) is 52.7 Å². The van der Waals surface area contributed by atoms with Gasteiger partial charge < -0.3 is 5.32 Å². The number of carbonyl (C=O) groups excluding carboxylic acids is 1. The smallest absolute Gasteiger partial charge is 0.243 e. The van der Waals surface area contributed by atoms with E-state index in [2.05, 4.69) is 19.2 Å². The first-order chi connectivity index (χ1) is 14.6. The Morgan fingerprint density at radius 3 is 2.16 bits per heavy atom. The van der Waals surface area contributed by atoms with Gasteiger partial charge in [-0.25, -0.2) is 8.42 Å². The molecule has 1 N–H and O–H groups in total. The fraction of sp³-hybridized carbons (Fsp3) is 0.409. The van der Waals surface area contributed by atoms with Gasteiger partial charge in [0.25, 0.3) is 0 Å². The van der Waals surface area contributed by atoms with Crippen molar-refractivity contribution in [2.45, 2.75) is 37.6 Å². The molecule has 0 unspecified atom stereocenters. The van der Waals surface area contributed by atoms with Crippen molar-refractivity contribution in [1.82, 2.24) is 9.21 Å². The van der Waals surface area contributed by atoms with Crippen LogP contribution in [0.5, 0.6) is 0 Å². The number of amides is 1. The quantitative estimate of drug-likeness (QED) is 0.658. The Bertz CT molecular complexity index is 1030. The molecule has 2 aromatic carbocycles. The van der Waals surface area contributed by atoms with Crippen molar-refractivity contribution < 1.29 is 13.2 Å². The Morgan fingerprint density at radius 2 is 1.58 bits per heavy atom. The Hall–Kier alpha value is -1.64. The van der Waals surface area contributed by atoms with Gasteiger partial charge in [0, 0.05) is 31.2 Å². The molecule has 9 heteroatoms. The Balaban J connectivity index is 1.61. The number of nitrogens with one attached hydrogen (secondary N) is 1. The van der Waals surface area contributed by atoms with Crippen LogP contribution in [-0.4, -0.2) is 55.8 Å². The Kier molecular flexibility index (Phi) is 7.65. The second kappa shape index (κ2) is 9.88. The van der Waals surface area contributed by atoms with Gasteiger partial charge in [-0.1, -0.05) is 49.2 Å². The van der Waals surface area contributed by atoms with Crippen molar-refractivity contribution >= 4 is 44.8 Å². The minimum absolute atomic E-state index is 0.218. The van der Waals surface area contributed by atoms with Gasteiger partial charge in [0.1, 0.15) is 0 Å². The normalized spacial score (nSPS) is 17.0. The molecule has 6 nitrogen and oxygen atoms in total. The predicted molar refractivity (Wildman–Crippen MR) is 125 cm³/mol. The summed E-state index contributed by atoms with van der Waals surface area (Å²) in [7, 11) is -3.56. The first kappa shape index (κ1) is 24.0. The molecule has 0 spiro atoms. The number of benzene rings is 2. The summed E-state index contributed by atoms with van der Waals surface area (Å²) >= 11 is 12.1. The molecular formula is C22H27Cl2N3O3S. The zero-order valence-electron chi connectivity index (χ0n) is 17.8. The van der Waals surface area contributed by atoms with Crippen LogP contribution >= 0.6 is 23.2 Å². The van der Waals surface area contributed by atoms with Crippen molar-refractivity contribution in [1.29, 1.82) is 0 Å². The van der Waals surface area contributed by atoms with Crippen molar-refractivity contribution in [3.05, 3.63) is 58.1 Å². The number of halogens is 2. The summed E-state index contributed by atoms with van der Waals surface area (Å²) in [5.74, 6) is 0.125. The predicted octanol–water partition coefficient (Wildman–Crippen LogP) is 4.45. The topological polar surface area (TPSA) is 69.7 Å². The van der Waals surface area contributed by atoms with Crippen LogP contribution in [0.2, 0.25) is 10.0 Å². The van der Waals surface area contributed by atoms with Gasteiger partial charge in [-0.15, -0.1) is 0 Å². The average molecular weight is 484 g/mol. The van der Waals surface area contributed by atoms with Gasteiger partial charge >= 0.3 is 0 Å². The van der Waals surface area contributed by atoms with Crippen LogP contribution in [0.3, 0.4) is 0 Å². The summed E-state index contributed by atoms with van der Waals surface area (Å²) in [6.07, 6.45) is 0. The molecule has 0 saturated carbocycles. The number of carbonyl (C=O) groups is 1. The maximum atomic E-state index is 13.0. The molecule has 1 saturated heterocycles. The number of nitrogens with zero attached hydrogens (tertiary/aromatic N) is 2. The molecule has 0 aliphatic carbocycles. The molecule has 1 aliphatic heterocycles. The molecule has 31 heavy (non-hydrogen) atoms. The largest absolute Gasteiger partial charge is 0.323 e. The van der Waals surface area contributed by atoms with Gasteiger partial charge in [0.05, 0.1) is 21.6 Å². The summed E-state index contributed by atoms with van der Waals surface area (Å²) < 4.78 is 27.5. The SMILES string of the molecule is CC(C)c1ccc(S(=O)(=O)N2CCN([C@H](C)C(=O)Nc3cc(Cl)ccc3Cl)CC2)cc1. The molecule has 0 aromatic heterocycles. The zero-order chi connectivity index (χ0) is 22.8. The van der Waals surface area contributed by atoms with Crippen LogP contribution in [0, 0.1) is 0 Å². The van der Waals surface area contributed by atoms with Crippen molar-refractivity contribution in [2.24, 2.45) is 0 Å². The molecule has 0 bridgehead atoms. The van der Waals surface area contributed by atoms with E-state index in [1.54, 1.807) is 37.3 Å². The third-order valence-corrected chi connectivity index (χ3v) is 8.05. The van der Waals surface area contributed by atoms with Crippen LogP contribution < -0.4 is 5.32 Å². The van der Waals surface area contributed by atoms with Gasteiger partial charge in [-0.2, -0.15) is 4.31 Å². The number of hydrogen-bond acceptors (Lipinski definition) is 4. The Morgan fingerprint density at radius 1 is 0.968 bits per heavy atom. The third-order valence-electron chi connectivity index (χ3n) is 5.57. The van der Waals surface area contributed by atoms with Crippen molar-refractivity contribution in [3.63, 3.8) is 0 Å². The number of piperazine rings is 1. The van der Waals surface area contributed by atoms with Crippen LogP contribution in [0.15, 0.2) is 47.4 Å². The monoisotopic (exact) mass is 483 g/mol. The highest BCUT2D eigenvalue weighted by molar-refractivity contribution is 7.89. The lowest BCUT2D eigenvalue weighted by atomic mass is 10.0. The second-order valence-corrected chi connectivity index (χ2v) is 10.7. The first-order valence-corrected chi connectivity index (χ1v) is 12.4. The minimum Gasteiger partial charge on any atom is -0.323 e. The van der Waals surface area contributed by atoms with E-state index < -0.39 is 16.1 Å². The Labute approximate surface area is 194 Å². The van der Waals surface area contributed by atoms with E-state index in [0.717, 1.165) is 5.56 Å². The fourth-order valence-corrected chi connectivity index (χ4v) is 5.26. The summed E-state index contributed by atoms with van der Waals surface area (Å²) in [5.41, 5.74) is 1.56. The maximum absolute atomic E-state index is 13.0. The highest BCUT2D eigenvalue weighted by Gasteiger charge is 2.32. The summed E-state index contributed by atoms with van der Waals surface area (Å²) in [6, 6.07) is 11.5. The van der Waals surface area contributed by atoms with Crippen molar-refractivity contribution in [2.75, 3.05) is 31.5 Å². The van der Waals surface area contributed by atoms with Crippen LogP contribution in [0.25, 0.3) is 0 Å². The van der Waals surface area contributed by atoms with Gasteiger partial charge in [0.2, 0.25) is 15.9 Å². The molecule has 3 rings (SSSR count). The molecule has 1 aliphatic rings. The number of rotatable bonds is 6. The third kappa shape index (κ3) is 5.59. The zero-order valence-corrected chi connectivity index (χ0v) is 20.1. The van der Waals surface area contributed by atoms with Crippen molar-refractivity contribution in [3.8, 4) is 0 Å². The van der Waals surface area contributed by atoms with Crippen LogP contribution in [-0.2, 0) is 14.8 Å². The lowest BCUT2D eigenvalue weighted by Crippen LogP contribution is -2.53. The van der Waals surface area contributed by atoms with Gasteiger partial charge in [0.15, 0.2) is 0 Å². The van der Waals surface area contributed by atoms with E-state index in [9.17, 15) is 13.2 Å². The van der Waals surface area contributed by atoms with Crippen LogP contribution in [0.4, 0.5) is 5.69 Å². The van der Waals surface area contributed by atoms with E-state index in [1.807, 2.05) is 17.0 Å². The molecule has 1 fully saturated rings. The molecule has 1 heterocycles. The standard InChI is InChI=1S/C22H27Cl2N3O3S/c1-15(2)17-4-7-19(8-5-17)31(29,30)27-12-10-26(11-13-27)16(3)22(28)25-21-14-18(23)6-9-20(21)24/h4-9,14-16H,10-13H2,1-3H3,(H,25,28)/t16-/m1/s1. The number of anilines is 1. The molecule has 0 radical (unpaired) electrons. The fourth-order valence-electron chi connectivity index (χ4n) is 3.50. The number of sulfonamides is 1.